The molecule has 2 rings (SSSR count). The molecule has 0 aliphatic carbocycles. The van der Waals surface area contributed by atoms with Gasteiger partial charge >= 0.3 is 0 Å². The van der Waals surface area contributed by atoms with E-state index >= 15 is 0 Å². The van der Waals surface area contributed by atoms with E-state index in [1.54, 1.807) is 0 Å². The molecule has 1 N–H and O–H groups in total. The van der Waals surface area contributed by atoms with Crippen molar-refractivity contribution in [2.45, 2.75) is 12.5 Å². The maximum absolute atomic E-state index is 11.3. The van der Waals surface area contributed by atoms with Crippen LogP contribution in [0.25, 0.3) is 0 Å². The molecule has 1 heterocycles. The summed E-state index contributed by atoms with van der Waals surface area (Å²) in [4.78, 5) is 0. The molecule has 1 fully saturated rings. The third-order valence-electron chi connectivity index (χ3n) is 2.90. The lowest BCUT2D eigenvalue weighted by Crippen LogP contribution is -2.14. The highest BCUT2D eigenvalue weighted by atomic mass is 79.9. The number of aliphatic hydroxyl groups excluding tert-OH is 1. The standard InChI is InChI=1S/C11H13BrO3S/c12-10-3-1-2-8(6-10)11(13)9-4-5-16(14,15)7-9/h1-3,6,9,11,13H,4-5,7H2. The lowest BCUT2D eigenvalue weighted by molar-refractivity contribution is 0.121. The molecule has 0 spiro atoms. The normalized spacial score (nSPS) is 25.5. The summed E-state index contributed by atoms with van der Waals surface area (Å²) in [5.41, 5.74) is 0.775. The minimum atomic E-state index is -2.93. The monoisotopic (exact) mass is 304 g/mol. The van der Waals surface area contributed by atoms with E-state index < -0.39 is 15.9 Å². The van der Waals surface area contributed by atoms with Crippen LogP contribution in [0.1, 0.15) is 18.1 Å². The van der Waals surface area contributed by atoms with Gasteiger partial charge in [0.05, 0.1) is 17.6 Å². The number of halogens is 1. The first-order valence-electron chi connectivity index (χ1n) is 5.12. The number of hydrogen-bond acceptors (Lipinski definition) is 3. The van der Waals surface area contributed by atoms with Gasteiger partial charge in [-0.05, 0) is 24.1 Å². The summed E-state index contributed by atoms with van der Waals surface area (Å²) in [6, 6.07) is 7.36. The van der Waals surface area contributed by atoms with E-state index in [1.807, 2.05) is 24.3 Å². The average Bonchev–Trinajstić information content (AvgIpc) is 2.58. The van der Waals surface area contributed by atoms with Crippen LogP contribution in [-0.4, -0.2) is 25.0 Å². The topological polar surface area (TPSA) is 54.4 Å². The third kappa shape index (κ3) is 2.64. The summed E-state index contributed by atoms with van der Waals surface area (Å²) in [5.74, 6) is 0.128. The summed E-state index contributed by atoms with van der Waals surface area (Å²) in [7, 11) is -2.93. The van der Waals surface area contributed by atoms with E-state index in [0.29, 0.717) is 6.42 Å². The molecular weight excluding hydrogens is 292 g/mol. The molecule has 3 nitrogen and oxygen atoms in total. The lowest BCUT2D eigenvalue weighted by atomic mass is 9.95. The molecule has 2 atom stereocenters. The summed E-state index contributed by atoms with van der Waals surface area (Å²) in [6.07, 6.45) is -0.134. The number of rotatable bonds is 2. The summed E-state index contributed by atoms with van der Waals surface area (Å²) < 4.78 is 23.5. The van der Waals surface area contributed by atoms with Crippen LogP contribution in [0.15, 0.2) is 28.7 Å². The van der Waals surface area contributed by atoms with Gasteiger partial charge in [0.1, 0.15) is 0 Å². The second kappa shape index (κ2) is 4.47. The molecule has 5 heteroatoms. The molecule has 2 unspecified atom stereocenters. The minimum Gasteiger partial charge on any atom is -0.388 e. The summed E-state index contributed by atoms with van der Waals surface area (Å²) in [6.45, 7) is 0. The highest BCUT2D eigenvalue weighted by Crippen LogP contribution is 2.32. The van der Waals surface area contributed by atoms with E-state index in [0.717, 1.165) is 10.0 Å². The molecule has 16 heavy (non-hydrogen) atoms. The van der Waals surface area contributed by atoms with Gasteiger partial charge in [0, 0.05) is 10.4 Å². The van der Waals surface area contributed by atoms with Gasteiger partial charge < -0.3 is 5.11 Å². The average molecular weight is 305 g/mol. The predicted octanol–water partition coefficient (Wildman–Crippen LogP) is 1.92. The van der Waals surface area contributed by atoms with E-state index in [9.17, 15) is 13.5 Å². The van der Waals surface area contributed by atoms with Crippen LogP contribution in [0.3, 0.4) is 0 Å². The Morgan fingerprint density at radius 1 is 1.44 bits per heavy atom. The van der Waals surface area contributed by atoms with Crippen LogP contribution < -0.4 is 0 Å². The van der Waals surface area contributed by atoms with Crippen molar-refractivity contribution in [3.8, 4) is 0 Å². The number of sulfone groups is 1. The third-order valence-corrected chi connectivity index (χ3v) is 5.19. The van der Waals surface area contributed by atoms with E-state index in [4.69, 9.17) is 0 Å². The Hall–Kier alpha value is -0.390. The Bertz CT molecular complexity index is 484. The zero-order valence-electron chi connectivity index (χ0n) is 8.64. The zero-order chi connectivity index (χ0) is 11.8. The van der Waals surface area contributed by atoms with Crippen molar-refractivity contribution in [3.05, 3.63) is 34.3 Å². The number of benzene rings is 1. The van der Waals surface area contributed by atoms with E-state index in [-0.39, 0.29) is 17.4 Å². The maximum Gasteiger partial charge on any atom is 0.150 e. The first-order chi connectivity index (χ1) is 7.48. The first kappa shape index (κ1) is 12.1. The van der Waals surface area contributed by atoms with Gasteiger partial charge in [-0.2, -0.15) is 0 Å². The highest BCUT2D eigenvalue weighted by molar-refractivity contribution is 9.10. The van der Waals surface area contributed by atoms with Gasteiger partial charge in [-0.15, -0.1) is 0 Å². The van der Waals surface area contributed by atoms with Crippen molar-refractivity contribution in [2.75, 3.05) is 11.5 Å². The molecule has 1 aromatic carbocycles. The van der Waals surface area contributed by atoms with Crippen LogP contribution >= 0.6 is 15.9 Å². The van der Waals surface area contributed by atoms with Crippen molar-refractivity contribution >= 4 is 25.8 Å². The smallest absolute Gasteiger partial charge is 0.150 e. The molecular formula is C11H13BrO3S. The molecule has 1 aliphatic rings. The lowest BCUT2D eigenvalue weighted by Gasteiger charge is -2.17. The van der Waals surface area contributed by atoms with Gasteiger partial charge in [-0.1, -0.05) is 28.1 Å². The van der Waals surface area contributed by atoms with Crippen LogP contribution in [0.5, 0.6) is 0 Å². The SMILES string of the molecule is O=S1(=O)CCC(C(O)c2cccc(Br)c2)C1. The second-order valence-corrected chi connectivity index (χ2v) is 7.31. The molecule has 0 bridgehead atoms. The molecule has 0 amide bonds. The largest absolute Gasteiger partial charge is 0.388 e. The summed E-state index contributed by atoms with van der Waals surface area (Å²) >= 11 is 3.33. The predicted molar refractivity (Wildman–Crippen MR) is 65.9 cm³/mol. The van der Waals surface area contributed by atoms with Gasteiger partial charge in [-0.3, -0.25) is 0 Å². The van der Waals surface area contributed by atoms with Crippen molar-refractivity contribution < 1.29 is 13.5 Å². The van der Waals surface area contributed by atoms with Crippen LogP contribution in [-0.2, 0) is 9.84 Å². The van der Waals surface area contributed by atoms with Gasteiger partial charge in [-0.25, -0.2) is 8.42 Å². The minimum absolute atomic E-state index is 0.0979. The van der Waals surface area contributed by atoms with E-state index in [1.165, 1.54) is 0 Å². The van der Waals surface area contributed by atoms with Crippen LogP contribution in [0, 0.1) is 5.92 Å². The van der Waals surface area contributed by atoms with Crippen molar-refractivity contribution in [1.82, 2.24) is 0 Å². The Morgan fingerprint density at radius 2 is 2.19 bits per heavy atom. The molecule has 88 valence electrons. The number of aliphatic hydroxyl groups is 1. The highest BCUT2D eigenvalue weighted by Gasteiger charge is 2.33. The molecule has 1 aromatic rings. The Balaban J connectivity index is 2.17. The second-order valence-electron chi connectivity index (χ2n) is 4.16. The Morgan fingerprint density at radius 3 is 2.75 bits per heavy atom. The maximum atomic E-state index is 11.3. The zero-order valence-corrected chi connectivity index (χ0v) is 11.0. The molecule has 1 saturated heterocycles. The van der Waals surface area contributed by atoms with Gasteiger partial charge in [0.25, 0.3) is 0 Å². The summed E-state index contributed by atoms with van der Waals surface area (Å²) in [5, 5.41) is 10.1. The van der Waals surface area contributed by atoms with Crippen LogP contribution in [0.2, 0.25) is 0 Å². The Labute approximate surface area is 104 Å². The van der Waals surface area contributed by atoms with E-state index in [2.05, 4.69) is 15.9 Å². The number of hydrogen-bond donors (Lipinski definition) is 1. The van der Waals surface area contributed by atoms with Crippen molar-refractivity contribution in [1.29, 1.82) is 0 Å². The molecule has 0 aromatic heterocycles. The van der Waals surface area contributed by atoms with Crippen molar-refractivity contribution in [2.24, 2.45) is 5.92 Å². The fourth-order valence-electron chi connectivity index (χ4n) is 2.04. The fourth-order valence-corrected chi connectivity index (χ4v) is 4.28. The molecule has 0 saturated carbocycles. The quantitative estimate of drug-likeness (QED) is 0.908. The van der Waals surface area contributed by atoms with Crippen LogP contribution in [0.4, 0.5) is 0 Å². The molecule has 0 radical (unpaired) electrons. The van der Waals surface area contributed by atoms with Gasteiger partial charge in [0.15, 0.2) is 9.84 Å². The molecule has 1 aliphatic heterocycles. The van der Waals surface area contributed by atoms with Crippen molar-refractivity contribution in [3.63, 3.8) is 0 Å². The van der Waals surface area contributed by atoms with Gasteiger partial charge in [0.2, 0.25) is 0 Å². The fraction of sp³-hybridized carbons (Fsp3) is 0.455. The first-order valence-corrected chi connectivity index (χ1v) is 7.73. The Kier molecular flexibility index (Phi) is 3.37.